The molecule has 1 amide bonds. The molecule has 2 aromatic carbocycles. The smallest absolute Gasteiger partial charge is 0.240 e. The highest BCUT2D eigenvalue weighted by Gasteiger charge is 2.37. The van der Waals surface area contributed by atoms with Crippen LogP contribution >= 0.6 is 0 Å². The van der Waals surface area contributed by atoms with Crippen molar-refractivity contribution in [2.45, 2.75) is 25.9 Å². The second-order valence-electron chi connectivity index (χ2n) is 7.99. The van der Waals surface area contributed by atoms with Gasteiger partial charge in [-0.3, -0.25) is 14.4 Å². The Balaban J connectivity index is 1.81. The lowest BCUT2D eigenvalue weighted by molar-refractivity contribution is -0.137. The number of benzene rings is 2. The molecular weight excluding hydrogens is 366 g/mol. The number of ketones is 2. The normalized spacial score (nSPS) is 19.7. The van der Waals surface area contributed by atoms with Crippen molar-refractivity contribution < 1.29 is 14.4 Å². The van der Waals surface area contributed by atoms with Gasteiger partial charge in [0.05, 0.1) is 12.1 Å². The van der Waals surface area contributed by atoms with E-state index in [4.69, 9.17) is 5.73 Å². The maximum absolute atomic E-state index is 13.3. The first-order valence-corrected chi connectivity index (χ1v) is 10.00. The number of nitrogens with one attached hydrogen (secondary N) is 1. The molecule has 150 valence electrons. The van der Waals surface area contributed by atoms with Gasteiger partial charge in [0.1, 0.15) is 0 Å². The first kappa shape index (κ1) is 19.5. The lowest BCUT2D eigenvalue weighted by Crippen LogP contribution is -2.55. The number of carbonyl (C=O) groups is 3. The quantitative estimate of drug-likeness (QED) is 0.712. The summed E-state index contributed by atoms with van der Waals surface area (Å²) in [5.74, 6) is -0.439. The third kappa shape index (κ3) is 3.18. The lowest BCUT2D eigenvalue weighted by Gasteiger charge is -2.39. The molecule has 4 rings (SSSR count). The fourth-order valence-corrected chi connectivity index (χ4v) is 4.17. The largest absolute Gasteiger partial charge is 0.332 e. The highest BCUT2D eigenvalue weighted by Crippen LogP contribution is 2.34. The van der Waals surface area contributed by atoms with Crippen LogP contribution in [0.5, 0.6) is 0 Å². The van der Waals surface area contributed by atoms with Crippen LogP contribution < -0.4 is 11.1 Å². The average molecular weight is 391 g/mol. The Hall–Kier alpha value is -2.83. The van der Waals surface area contributed by atoms with Gasteiger partial charge in [-0.25, -0.2) is 0 Å². The molecule has 0 bridgehead atoms. The number of fused-ring (bicyclic) bond motifs is 2. The van der Waals surface area contributed by atoms with Crippen molar-refractivity contribution >= 4 is 17.5 Å². The van der Waals surface area contributed by atoms with Crippen molar-refractivity contribution in [3.63, 3.8) is 0 Å². The van der Waals surface area contributed by atoms with Crippen LogP contribution in [-0.4, -0.2) is 48.0 Å². The standard InChI is InChI=1S/C23H25N3O3/c1-13(2)20(24)23(29)26-11-10-25-12-18(26)16-8-5-9-17-19(16)22(28)15-7-4-3-6-14(15)21(17)27/h3-9,13,18,20,25H,10-12,24H2,1-2H3/t18?,20-/m0/s1. The van der Waals surface area contributed by atoms with Crippen LogP contribution in [0.1, 0.15) is 57.3 Å². The molecule has 1 unspecified atom stereocenters. The van der Waals surface area contributed by atoms with Gasteiger partial charge in [0.25, 0.3) is 0 Å². The van der Waals surface area contributed by atoms with Gasteiger partial charge in [-0.1, -0.05) is 56.3 Å². The number of rotatable bonds is 3. The summed E-state index contributed by atoms with van der Waals surface area (Å²) in [6, 6.07) is 11.3. The van der Waals surface area contributed by atoms with Gasteiger partial charge in [-0.05, 0) is 11.5 Å². The van der Waals surface area contributed by atoms with E-state index >= 15 is 0 Å². The second kappa shape index (κ2) is 7.54. The van der Waals surface area contributed by atoms with E-state index in [1.807, 2.05) is 19.9 Å². The minimum Gasteiger partial charge on any atom is -0.332 e. The molecular formula is C23H25N3O3. The van der Waals surface area contributed by atoms with Gasteiger partial charge < -0.3 is 16.0 Å². The number of nitrogens with two attached hydrogens (primary N) is 1. The Morgan fingerprint density at radius 3 is 2.38 bits per heavy atom. The molecule has 0 aromatic heterocycles. The Bertz CT molecular complexity index is 999. The van der Waals surface area contributed by atoms with Crippen LogP contribution in [0, 0.1) is 5.92 Å². The van der Waals surface area contributed by atoms with Crippen molar-refractivity contribution in [2.75, 3.05) is 19.6 Å². The Morgan fingerprint density at radius 2 is 1.69 bits per heavy atom. The summed E-state index contributed by atoms with van der Waals surface area (Å²) < 4.78 is 0. The number of hydrogen-bond donors (Lipinski definition) is 2. The topological polar surface area (TPSA) is 92.5 Å². The minimum absolute atomic E-state index is 0.0119. The monoisotopic (exact) mass is 391 g/mol. The molecule has 1 saturated heterocycles. The van der Waals surface area contributed by atoms with Crippen LogP contribution in [-0.2, 0) is 4.79 Å². The summed E-state index contributed by atoms with van der Waals surface area (Å²) in [6.45, 7) is 5.52. The van der Waals surface area contributed by atoms with Crippen LogP contribution in [0.3, 0.4) is 0 Å². The molecule has 0 spiro atoms. The summed E-state index contributed by atoms with van der Waals surface area (Å²) in [5.41, 5.74) is 8.50. The molecule has 2 aromatic rings. The average Bonchev–Trinajstić information content (AvgIpc) is 2.75. The zero-order valence-corrected chi connectivity index (χ0v) is 16.6. The maximum Gasteiger partial charge on any atom is 0.240 e. The summed E-state index contributed by atoms with van der Waals surface area (Å²) in [5, 5.41) is 3.31. The molecule has 0 saturated carbocycles. The number of hydrogen-bond acceptors (Lipinski definition) is 5. The molecule has 3 N–H and O–H groups in total. The molecule has 2 atom stereocenters. The van der Waals surface area contributed by atoms with Crippen molar-refractivity contribution in [1.29, 1.82) is 0 Å². The maximum atomic E-state index is 13.3. The summed E-state index contributed by atoms with van der Waals surface area (Å²) in [7, 11) is 0. The van der Waals surface area contributed by atoms with Crippen molar-refractivity contribution in [2.24, 2.45) is 11.7 Å². The summed E-state index contributed by atoms with van der Waals surface area (Å²) in [4.78, 5) is 41.2. The highest BCUT2D eigenvalue weighted by atomic mass is 16.2. The molecule has 1 aliphatic heterocycles. The third-order valence-corrected chi connectivity index (χ3v) is 5.87. The van der Waals surface area contributed by atoms with Crippen LogP contribution in [0.15, 0.2) is 42.5 Å². The number of nitrogens with zero attached hydrogens (tertiary/aromatic N) is 1. The lowest BCUT2D eigenvalue weighted by atomic mass is 9.80. The molecule has 6 heteroatoms. The summed E-state index contributed by atoms with van der Waals surface area (Å²) >= 11 is 0. The fourth-order valence-electron chi connectivity index (χ4n) is 4.17. The molecule has 6 nitrogen and oxygen atoms in total. The van der Waals surface area contributed by atoms with Gasteiger partial charge in [-0.15, -0.1) is 0 Å². The third-order valence-electron chi connectivity index (χ3n) is 5.87. The zero-order chi connectivity index (χ0) is 20.7. The van der Waals surface area contributed by atoms with Crippen LogP contribution in [0.4, 0.5) is 0 Å². The van der Waals surface area contributed by atoms with E-state index in [0.717, 1.165) is 0 Å². The van der Waals surface area contributed by atoms with Crippen molar-refractivity contribution in [3.05, 3.63) is 70.3 Å². The van der Waals surface area contributed by atoms with E-state index in [1.165, 1.54) is 0 Å². The first-order valence-electron chi connectivity index (χ1n) is 10.00. The number of piperazine rings is 1. The number of carbonyl (C=O) groups excluding carboxylic acids is 3. The van der Waals surface area contributed by atoms with Crippen LogP contribution in [0.25, 0.3) is 0 Å². The molecule has 0 radical (unpaired) electrons. The van der Waals surface area contributed by atoms with E-state index in [1.54, 1.807) is 41.3 Å². The minimum atomic E-state index is -0.604. The van der Waals surface area contributed by atoms with E-state index in [2.05, 4.69) is 5.32 Å². The first-order chi connectivity index (χ1) is 13.9. The van der Waals surface area contributed by atoms with E-state index < -0.39 is 6.04 Å². The molecule has 1 heterocycles. The van der Waals surface area contributed by atoms with Crippen LogP contribution in [0.2, 0.25) is 0 Å². The van der Waals surface area contributed by atoms with Gasteiger partial charge >= 0.3 is 0 Å². The molecule has 1 fully saturated rings. The highest BCUT2D eigenvalue weighted by molar-refractivity contribution is 6.28. The van der Waals surface area contributed by atoms with Crippen molar-refractivity contribution in [3.8, 4) is 0 Å². The summed E-state index contributed by atoms with van der Waals surface area (Å²) in [6.07, 6.45) is 0. The van der Waals surface area contributed by atoms with Crippen molar-refractivity contribution in [1.82, 2.24) is 10.2 Å². The molecule has 1 aliphatic carbocycles. The predicted molar refractivity (Wildman–Crippen MR) is 110 cm³/mol. The Kier molecular flexibility index (Phi) is 5.06. The predicted octanol–water partition coefficient (Wildman–Crippen LogP) is 1.92. The Labute approximate surface area is 170 Å². The SMILES string of the molecule is CC(C)[C@H](N)C(=O)N1CCNCC1c1cccc2c1C(=O)c1ccccc1C2=O. The van der Waals surface area contributed by atoms with Gasteiger partial charge in [0.2, 0.25) is 5.91 Å². The van der Waals surface area contributed by atoms with Gasteiger partial charge in [-0.2, -0.15) is 0 Å². The van der Waals surface area contributed by atoms with E-state index in [0.29, 0.717) is 47.5 Å². The molecule has 29 heavy (non-hydrogen) atoms. The Morgan fingerprint density at radius 1 is 1.03 bits per heavy atom. The zero-order valence-electron chi connectivity index (χ0n) is 16.6. The second-order valence-corrected chi connectivity index (χ2v) is 7.99. The van der Waals surface area contributed by atoms with Gasteiger partial charge in [0.15, 0.2) is 11.6 Å². The number of amides is 1. The van der Waals surface area contributed by atoms with Gasteiger partial charge in [0, 0.05) is 41.9 Å². The van der Waals surface area contributed by atoms with E-state index in [9.17, 15) is 14.4 Å². The van der Waals surface area contributed by atoms with E-state index in [-0.39, 0.29) is 29.4 Å². The molecule has 2 aliphatic rings. The fraction of sp³-hybridized carbons (Fsp3) is 0.348.